The van der Waals surface area contributed by atoms with Crippen LogP contribution in [0.2, 0.25) is 0 Å². The average molecular weight is 319 g/mol. The van der Waals surface area contributed by atoms with Crippen molar-refractivity contribution in [3.8, 4) is 0 Å². The number of anilines is 1. The van der Waals surface area contributed by atoms with E-state index >= 15 is 0 Å². The van der Waals surface area contributed by atoms with Crippen LogP contribution in [0.3, 0.4) is 0 Å². The number of carbonyl (C=O) groups is 1. The van der Waals surface area contributed by atoms with E-state index in [-0.39, 0.29) is 18.6 Å². The number of amides is 1. The molecule has 1 aromatic carbocycles. The first-order valence-corrected chi connectivity index (χ1v) is 9.38. The molecule has 1 heterocycles. The fraction of sp³-hybridized carbons (Fsp3) is 0.611. The number of hydrogen-bond donors (Lipinski definition) is 0. The molecule has 1 aliphatic carbocycles. The molecule has 3 nitrogen and oxygen atoms in total. The van der Waals surface area contributed by atoms with Crippen LogP contribution >= 0.6 is 11.8 Å². The van der Waals surface area contributed by atoms with Crippen molar-refractivity contribution in [2.24, 2.45) is 5.92 Å². The molecule has 2 atom stereocenters. The van der Waals surface area contributed by atoms with E-state index in [0.29, 0.717) is 5.92 Å². The maximum Gasteiger partial charge on any atom is 0.253 e. The van der Waals surface area contributed by atoms with Crippen molar-refractivity contribution in [3.63, 3.8) is 0 Å². The molecule has 1 aliphatic heterocycles. The number of nitrogens with zero attached hydrogens (tertiary/aromatic N) is 1. The van der Waals surface area contributed by atoms with E-state index in [2.05, 4.69) is 19.1 Å². The third-order valence-corrected chi connectivity index (χ3v) is 5.84. The van der Waals surface area contributed by atoms with Crippen molar-refractivity contribution in [1.29, 1.82) is 0 Å². The molecule has 22 heavy (non-hydrogen) atoms. The van der Waals surface area contributed by atoms with Gasteiger partial charge in [-0.1, -0.05) is 31.9 Å². The maximum absolute atomic E-state index is 12.7. The first-order chi connectivity index (χ1) is 10.8. The monoisotopic (exact) mass is 319 g/mol. The van der Waals surface area contributed by atoms with Crippen LogP contribution in [-0.2, 0) is 9.53 Å². The molecule has 4 heteroatoms. The summed E-state index contributed by atoms with van der Waals surface area (Å²) < 4.78 is 5.97. The molecule has 2 aliphatic rings. The summed E-state index contributed by atoms with van der Waals surface area (Å²) in [5.41, 5.74) is 1.05. The molecule has 3 rings (SSSR count). The predicted octanol–water partition coefficient (Wildman–Crippen LogP) is 4.11. The number of ether oxygens (including phenoxy) is 1. The standard InChI is InChI=1S/C18H25NO2S/c1-14-7-2-4-9-16(14)21-13-18(20)19-11-6-12-22-17-10-5-3-8-15(17)19/h3,5,8,10,14,16H,2,4,6-7,9,11-13H2,1H3. The lowest BCUT2D eigenvalue weighted by Crippen LogP contribution is -2.37. The summed E-state index contributed by atoms with van der Waals surface area (Å²) in [5.74, 6) is 1.75. The van der Waals surface area contributed by atoms with E-state index < -0.39 is 0 Å². The summed E-state index contributed by atoms with van der Waals surface area (Å²) in [5, 5.41) is 0. The van der Waals surface area contributed by atoms with E-state index in [1.54, 1.807) is 0 Å². The average Bonchev–Trinajstić information content (AvgIpc) is 2.76. The largest absolute Gasteiger partial charge is 0.368 e. The Morgan fingerprint density at radius 3 is 2.95 bits per heavy atom. The number of fused-ring (bicyclic) bond motifs is 1. The Kier molecular flexibility index (Phi) is 5.42. The highest BCUT2D eigenvalue weighted by Crippen LogP contribution is 2.33. The smallest absolute Gasteiger partial charge is 0.253 e. The Morgan fingerprint density at radius 2 is 2.09 bits per heavy atom. The highest BCUT2D eigenvalue weighted by Gasteiger charge is 2.25. The Balaban J connectivity index is 1.64. The highest BCUT2D eigenvalue weighted by molar-refractivity contribution is 7.99. The lowest BCUT2D eigenvalue weighted by molar-refractivity contribution is -0.127. The van der Waals surface area contributed by atoms with Gasteiger partial charge in [0.25, 0.3) is 5.91 Å². The molecule has 0 saturated heterocycles. The van der Waals surface area contributed by atoms with Gasteiger partial charge in [-0.05, 0) is 43.1 Å². The Hall–Kier alpha value is -1.00. The maximum atomic E-state index is 12.7. The Morgan fingerprint density at radius 1 is 1.27 bits per heavy atom. The van der Waals surface area contributed by atoms with E-state index in [9.17, 15) is 4.79 Å². The van der Waals surface area contributed by atoms with Crippen molar-refractivity contribution < 1.29 is 9.53 Å². The Bertz CT molecular complexity index is 520. The summed E-state index contributed by atoms with van der Waals surface area (Å²) in [6, 6.07) is 8.21. The molecular weight excluding hydrogens is 294 g/mol. The van der Waals surface area contributed by atoms with Gasteiger partial charge in [0, 0.05) is 11.4 Å². The topological polar surface area (TPSA) is 29.5 Å². The minimum absolute atomic E-state index is 0.104. The molecule has 2 unspecified atom stereocenters. The van der Waals surface area contributed by atoms with Crippen molar-refractivity contribution in [2.75, 3.05) is 23.8 Å². The van der Waals surface area contributed by atoms with Gasteiger partial charge in [0.05, 0.1) is 11.8 Å². The molecule has 1 aromatic rings. The van der Waals surface area contributed by atoms with Crippen molar-refractivity contribution in [3.05, 3.63) is 24.3 Å². The summed E-state index contributed by atoms with van der Waals surface area (Å²) >= 11 is 1.84. The second-order valence-electron chi connectivity index (χ2n) is 6.33. The molecular formula is C18H25NO2S. The highest BCUT2D eigenvalue weighted by atomic mass is 32.2. The van der Waals surface area contributed by atoms with Gasteiger partial charge in [0.2, 0.25) is 0 Å². The molecule has 0 spiro atoms. The van der Waals surface area contributed by atoms with Gasteiger partial charge in [0.1, 0.15) is 6.61 Å². The van der Waals surface area contributed by atoms with Crippen LogP contribution in [-0.4, -0.2) is 30.9 Å². The molecule has 1 fully saturated rings. The third-order valence-electron chi connectivity index (χ3n) is 4.69. The number of benzene rings is 1. The number of carbonyl (C=O) groups excluding carboxylic acids is 1. The van der Waals surface area contributed by atoms with Gasteiger partial charge in [-0.3, -0.25) is 4.79 Å². The molecule has 0 radical (unpaired) electrons. The van der Waals surface area contributed by atoms with E-state index in [1.807, 2.05) is 28.8 Å². The van der Waals surface area contributed by atoms with Gasteiger partial charge in [-0.25, -0.2) is 0 Å². The van der Waals surface area contributed by atoms with Gasteiger partial charge in [0.15, 0.2) is 0 Å². The molecule has 0 aromatic heterocycles. The van der Waals surface area contributed by atoms with Gasteiger partial charge >= 0.3 is 0 Å². The first kappa shape index (κ1) is 15.9. The minimum Gasteiger partial charge on any atom is -0.368 e. The van der Waals surface area contributed by atoms with Crippen molar-refractivity contribution >= 4 is 23.4 Å². The summed E-state index contributed by atoms with van der Waals surface area (Å²) in [6.45, 7) is 3.26. The number of para-hydroxylation sites is 1. The molecule has 120 valence electrons. The lowest BCUT2D eigenvalue weighted by atomic mass is 9.88. The molecule has 1 amide bonds. The summed E-state index contributed by atoms with van der Waals surface area (Å²) in [7, 11) is 0. The normalized spacial score (nSPS) is 25.4. The van der Waals surface area contributed by atoms with Gasteiger partial charge in [-0.15, -0.1) is 11.8 Å². The van der Waals surface area contributed by atoms with Crippen LogP contribution in [0.15, 0.2) is 29.2 Å². The zero-order valence-electron chi connectivity index (χ0n) is 13.3. The molecule has 1 saturated carbocycles. The lowest BCUT2D eigenvalue weighted by Gasteiger charge is -2.30. The fourth-order valence-corrected chi connectivity index (χ4v) is 4.37. The minimum atomic E-state index is 0.104. The van der Waals surface area contributed by atoms with E-state index in [0.717, 1.165) is 30.8 Å². The van der Waals surface area contributed by atoms with Crippen molar-refractivity contribution in [2.45, 2.75) is 50.0 Å². The third kappa shape index (κ3) is 3.66. The fourth-order valence-electron chi connectivity index (χ4n) is 3.37. The summed E-state index contributed by atoms with van der Waals surface area (Å²) in [4.78, 5) is 15.8. The van der Waals surface area contributed by atoms with Gasteiger partial charge < -0.3 is 9.64 Å². The Labute approximate surface area is 137 Å². The number of hydrogen-bond acceptors (Lipinski definition) is 3. The van der Waals surface area contributed by atoms with Crippen LogP contribution < -0.4 is 4.90 Å². The van der Waals surface area contributed by atoms with Crippen LogP contribution in [0, 0.1) is 5.92 Å². The van der Waals surface area contributed by atoms with E-state index in [4.69, 9.17) is 4.74 Å². The van der Waals surface area contributed by atoms with E-state index in [1.165, 1.54) is 24.2 Å². The number of thioether (sulfide) groups is 1. The first-order valence-electron chi connectivity index (χ1n) is 8.39. The summed E-state index contributed by atoms with van der Waals surface area (Å²) in [6.07, 6.45) is 6.14. The van der Waals surface area contributed by atoms with Gasteiger partial charge in [-0.2, -0.15) is 0 Å². The quantitative estimate of drug-likeness (QED) is 0.839. The predicted molar refractivity (Wildman–Crippen MR) is 91.5 cm³/mol. The second-order valence-corrected chi connectivity index (χ2v) is 7.46. The zero-order chi connectivity index (χ0) is 15.4. The SMILES string of the molecule is CC1CCCCC1OCC(=O)N1CCCSc2ccccc21. The van der Waals surface area contributed by atoms with Crippen LogP contribution in [0.25, 0.3) is 0 Å². The van der Waals surface area contributed by atoms with Crippen molar-refractivity contribution in [1.82, 2.24) is 0 Å². The zero-order valence-corrected chi connectivity index (χ0v) is 14.1. The number of rotatable bonds is 3. The second kappa shape index (κ2) is 7.51. The molecule has 0 bridgehead atoms. The van der Waals surface area contributed by atoms with Crippen LogP contribution in [0.1, 0.15) is 39.0 Å². The van der Waals surface area contributed by atoms with Crippen LogP contribution in [0.5, 0.6) is 0 Å². The molecule has 0 N–H and O–H groups in total. The van der Waals surface area contributed by atoms with Crippen LogP contribution in [0.4, 0.5) is 5.69 Å².